The van der Waals surface area contributed by atoms with Crippen molar-refractivity contribution in [1.29, 1.82) is 0 Å². The first-order chi connectivity index (χ1) is 9.52. The molecule has 0 radical (unpaired) electrons. The highest BCUT2D eigenvalue weighted by Crippen LogP contribution is 2.33. The molecule has 112 valence electrons. The van der Waals surface area contributed by atoms with E-state index in [9.17, 15) is 5.11 Å². The predicted octanol–water partition coefficient (Wildman–Crippen LogP) is 3.69. The molecule has 2 rings (SSSR count). The van der Waals surface area contributed by atoms with Crippen molar-refractivity contribution in [3.63, 3.8) is 0 Å². The Labute approximate surface area is 123 Å². The molecule has 0 aliphatic heterocycles. The van der Waals surface area contributed by atoms with Crippen LogP contribution in [0.5, 0.6) is 5.75 Å². The number of hydrogen-bond acceptors (Lipinski definition) is 3. The molecule has 1 aromatic carbocycles. The minimum atomic E-state index is 0.171. The fraction of sp³-hybridized carbons (Fsp3) is 0.647. The van der Waals surface area contributed by atoms with Crippen LogP contribution in [-0.2, 0) is 0 Å². The Morgan fingerprint density at radius 2 is 1.90 bits per heavy atom. The lowest BCUT2D eigenvalue weighted by Gasteiger charge is -2.35. The van der Waals surface area contributed by atoms with Gasteiger partial charge in [0.15, 0.2) is 0 Å². The second-order valence-electron chi connectivity index (χ2n) is 6.28. The highest BCUT2D eigenvalue weighted by Gasteiger charge is 2.22. The van der Waals surface area contributed by atoms with Gasteiger partial charge in [-0.1, -0.05) is 13.0 Å². The molecule has 0 spiro atoms. The molecule has 1 saturated carbocycles. The number of aromatic hydroxyl groups is 1. The van der Waals surface area contributed by atoms with Crippen molar-refractivity contribution < 1.29 is 5.11 Å². The monoisotopic (exact) mass is 276 g/mol. The van der Waals surface area contributed by atoms with Gasteiger partial charge in [0.1, 0.15) is 5.75 Å². The fourth-order valence-corrected chi connectivity index (χ4v) is 3.11. The van der Waals surface area contributed by atoms with E-state index in [1.54, 1.807) is 0 Å². The Kier molecular flexibility index (Phi) is 4.92. The van der Waals surface area contributed by atoms with E-state index in [0.717, 1.165) is 17.2 Å². The third-order valence-corrected chi connectivity index (χ3v) is 4.85. The zero-order valence-corrected chi connectivity index (χ0v) is 13.2. The normalized spacial score (nSPS) is 24.4. The molecular formula is C17H28N2O. The number of hydrogen-bond donors (Lipinski definition) is 2. The number of benzene rings is 1. The first-order valence-electron chi connectivity index (χ1n) is 7.76. The molecule has 1 unspecified atom stereocenters. The lowest BCUT2D eigenvalue weighted by molar-refractivity contribution is 0.340. The van der Waals surface area contributed by atoms with Gasteiger partial charge >= 0.3 is 0 Å². The van der Waals surface area contributed by atoms with Gasteiger partial charge in [0.05, 0.1) is 0 Å². The van der Waals surface area contributed by atoms with Gasteiger partial charge in [0, 0.05) is 36.4 Å². The molecule has 1 aromatic rings. The Balaban J connectivity index is 2.10. The summed E-state index contributed by atoms with van der Waals surface area (Å²) in [4.78, 5) is 2.33. The second kappa shape index (κ2) is 6.49. The minimum Gasteiger partial charge on any atom is -0.508 e. The average molecular weight is 276 g/mol. The van der Waals surface area contributed by atoms with Crippen LogP contribution in [0.15, 0.2) is 18.2 Å². The van der Waals surface area contributed by atoms with Crippen LogP contribution < -0.4 is 10.2 Å². The first kappa shape index (κ1) is 15.2. The molecule has 3 heteroatoms. The third-order valence-electron chi connectivity index (χ3n) is 4.85. The molecule has 1 aliphatic carbocycles. The highest BCUT2D eigenvalue weighted by molar-refractivity contribution is 5.54. The standard InChI is InChI=1S/C17H28N2O/c1-12-5-7-14(8-6-12)19(4)15-9-10-16(13(2)18-3)17(20)11-15/h9-14,18,20H,5-8H2,1-4H3. The SMILES string of the molecule is CNC(C)c1ccc(N(C)C2CCC(C)CC2)cc1O. The fourth-order valence-electron chi connectivity index (χ4n) is 3.11. The Bertz CT molecular complexity index is 439. The van der Waals surface area contributed by atoms with Crippen molar-refractivity contribution in [1.82, 2.24) is 5.32 Å². The average Bonchev–Trinajstić information content (AvgIpc) is 2.46. The Morgan fingerprint density at radius 1 is 1.25 bits per heavy atom. The largest absolute Gasteiger partial charge is 0.508 e. The summed E-state index contributed by atoms with van der Waals surface area (Å²) in [6.45, 7) is 4.40. The zero-order chi connectivity index (χ0) is 14.7. The summed E-state index contributed by atoms with van der Waals surface area (Å²) in [7, 11) is 4.06. The molecule has 0 aromatic heterocycles. The van der Waals surface area contributed by atoms with Crippen molar-refractivity contribution in [2.75, 3.05) is 19.0 Å². The molecule has 0 amide bonds. The molecule has 0 bridgehead atoms. The summed E-state index contributed by atoms with van der Waals surface area (Å²) < 4.78 is 0. The van der Waals surface area contributed by atoms with Crippen molar-refractivity contribution in [2.24, 2.45) is 5.92 Å². The Hall–Kier alpha value is -1.22. The van der Waals surface area contributed by atoms with Crippen LogP contribution in [0.1, 0.15) is 51.1 Å². The number of phenols is 1. The summed E-state index contributed by atoms with van der Waals surface area (Å²) in [5, 5.41) is 13.4. The van der Waals surface area contributed by atoms with E-state index in [1.807, 2.05) is 19.2 Å². The summed E-state index contributed by atoms with van der Waals surface area (Å²) in [5.74, 6) is 1.26. The van der Waals surface area contributed by atoms with Crippen LogP contribution in [0.4, 0.5) is 5.69 Å². The van der Waals surface area contributed by atoms with E-state index in [1.165, 1.54) is 25.7 Å². The number of anilines is 1. The van der Waals surface area contributed by atoms with Crippen LogP contribution >= 0.6 is 0 Å². The van der Waals surface area contributed by atoms with Crippen molar-refractivity contribution in [2.45, 2.75) is 51.6 Å². The van der Waals surface area contributed by atoms with Crippen LogP contribution in [0, 0.1) is 5.92 Å². The van der Waals surface area contributed by atoms with Crippen molar-refractivity contribution in [3.8, 4) is 5.75 Å². The quantitative estimate of drug-likeness (QED) is 0.880. The summed E-state index contributed by atoms with van der Waals surface area (Å²) in [5.41, 5.74) is 2.08. The van der Waals surface area contributed by atoms with Crippen LogP contribution in [-0.4, -0.2) is 25.2 Å². The van der Waals surface area contributed by atoms with E-state index < -0.39 is 0 Å². The molecule has 0 heterocycles. The van der Waals surface area contributed by atoms with Crippen molar-refractivity contribution >= 4 is 5.69 Å². The predicted molar refractivity (Wildman–Crippen MR) is 85.4 cm³/mol. The zero-order valence-electron chi connectivity index (χ0n) is 13.2. The number of phenolic OH excluding ortho intramolecular Hbond substituents is 1. The van der Waals surface area contributed by atoms with Gasteiger partial charge in [-0.25, -0.2) is 0 Å². The first-order valence-corrected chi connectivity index (χ1v) is 7.76. The summed E-state index contributed by atoms with van der Waals surface area (Å²) >= 11 is 0. The number of nitrogens with zero attached hydrogens (tertiary/aromatic N) is 1. The van der Waals surface area contributed by atoms with E-state index in [0.29, 0.717) is 11.8 Å². The van der Waals surface area contributed by atoms with Gasteiger partial charge in [-0.15, -0.1) is 0 Å². The minimum absolute atomic E-state index is 0.171. The van der Waals surface area contributed by atoms with Crippen LogP contribution in [0.25, 0.3) is 0 Å². The van der Waals surface area contributed by atoms with Gasteiger partial charge in [0.25, 0.3) is 0 Å². The molecular weight excluding hydrogens is 248 g/mol. The molecule has 0 saturated heterocycles. The molecule has 1 atom stereocenters. The van der Waals surface area contributed by atoms with Gasteiger partial charge in [0.2, 0.25) is 0 Å². The number of nitrogens with one attached hydrogen (secondary N) is 1. The molecule has 20 heavy (non-hydrogen) atoms. The second-order valence-corrected chi connectivity index (χ2v) is 6.28. The Morgan fingerprint density at radius 3 is 2.45 bits per heavy atom. The lowest BCUT2D eigenvalue weighted by Crippen LogP contribution is -2.34. The van der Waals surface area contributed by atoms with E-state index in [2.05, 4.69) is 37.2 Å². The molecule has 2 N–H and O–H groups in total. The summed E-state index contributed by atoms with van der Waals surface area (Å²) in [6.07, 6.45) is 5.14. The third kappa shape index (κ3) is 3.26. The molecule has 1 fully saturated rings. The van der Waals surface area contributed by atoms with Gasteiger partial charge in [-0.05, 0) is 51.6 Å². The highest BCUT2D eigenvalue weighted by atomic mass is 16.3. The van der Waals surface area contributed by atoms with E-state index >= 15 is 0 Å². The molecule has 1 aliphatic rings. The van der Waals surface area contributed by atoms with Gasteiger partial charge in [-0.2, -0.15) is 0 Å². The van der Waals surface area contributed by atoms with Gasteiger partial charge < -0.3 is 15.3 Å². The van der Waals surface area contributed by atoms with E-state index in [4.69, 9.17) is 0 Å². The smallest absolute Gasteiger partial charge is 0.122 e. The summed E-state index contributed by atoms with van der Waals surface area (Å²) in [6, 6.07) is 6.85. The maximum Gasteiger partial charge on any atom is 0.122 e. The van der Waals surface area contributed by atoms with Gasteiger partial charge in [-0.3, -0.25) is 0 Å². The van der Waals surface area contributed by atoms with Crippen LogP contribution in [0.3, 0.4) is 0 Å². The van der Waals surface area contributed by atoms with E-state index in [-0.39, 0.29) is 6.04 Å². The maximum absolute atomic E-state index is 10.2. The maximum atomic E-state index is 10.2. The van der Waals surface area contributed by atoms with Crippen molar-refractivity contribution in [3.05, 3.63) is 23.8 Å². The lowest BCUT2D eigenvalue weighted by atomic mass is 9.86. The number of rotatable bonds is 4. The molecule has 3 nitrogen and oxygen atoms in total. The topological polar surface area (TPSA) is 35.5 Å². The van der Waals surface area contributed by atoms with Crippen LogP contribution in [0.2, 0.25) is 0 Å².